The van der Waals surface area contributed by atoms with Gasteiger partial charge in [-0.3, -0.25) is 14.4 Å². The van der Waals surface area contributed by atoms with Gasteiger partial charge in [-0.25, -0.2) is 0 Å². The number of ether oxygens (including phenoxy) is 3. The molecule has 0 saturated heterocycles. The van der Waals surface area contributed by atoms with Crippen molar-refractivity contribution in [2.45, 2.75) is 380 Å². The molecule has 0 amide bonds. The van der Waals surface area contributed by atoms with Crippen molar-refractivity contribution in [3.63, 3.8) is 0 Å². The van der Waals surface area contributed by atoms with Crippen molar-refractivity contribution in [1.82, 2.24) is 0 Å². The van der Waals surface area contributed by atoms with Crippen molar-refractivity contribution in [3.8, 4) is 0 Å². The fourth-order valence-electron chi connectivity index (χ4n) is 10.1. The van der Waals surface area contributed by atoms with Crippen LogP contribution < -0.4 is 0 Å². The molecule has 1 atom stereocenters. The quantitative estimate of drug-likeness (QED) is 0.0261. The Kier molecular flexibility index (Phi) is 61.6. The number of carbonyl (C=O) groups is 3. The molecule has 0 saturated carbocycles. The molecule has 0 radical (unpaired) electrons. The largest absolute Gasteiger partial charge is 0.462 e. The highest BCUT2D eigenvalue weighted by Gasteiger charge is 2.19. The Balaban J connectivity index is 4.19. The third kappa shape index (κ3) is 60.8. The smallest absolute Gasteiger partial charge is 0.306 e. The van der Waals surface area contributed by atoms with Crippen LogP contribution in [0.15, 0.2) is 24.3 Å². The van der Waals surface area contributed by atoms with Crippen molar-refractivity contribution >= 4 is 17.9 Å². The fraction of sp³-hybridized carbons (Fsp3) is 0.897. The zero-order chi connectivity index (χ0) is 53.6. The summed E-state index contributed by atoms with van der Waals surface area (Å²) < 4.78 is 16.9. The molecule has 0 aromatic rings. The molecule has 0 aromatic heterocycles. The van der Waals surface area contributed by atoms with Crippen molar-refractivity contribution in [1.29, 1.82) is 0 Å². The zero-order valence-corrected chi connectivity index (χ0v) is 50.1. The van der Waals surface area contributed by atoms with E-state index in [0.29, 0.717) is 19.3 Å². The van der Waals surface area contributed by atoms with Crippen LogP contribution in [0, 0.1) is 0 Å². The van der Waals surface area contributed by atoms with E-state index in [2.05, 4.69) is 45.1 Å². The summed E-state index contributed by atoms with van der Waals surface area (Å²) in [6.45, 7) is 6.69. The number of unbranched alkanes of at least 4 members (excludes halogenated alkanes) is 47. The predicted octanol–water partition coefficient (Wildman–Crippen LogP) is 22.6. The van der Waals surface area contributed by atoms with Gasteiger partial charge in [0.25, 0.3) is 0 Å². The van der Waals surface area contributed by atoms with E-state index < -0.39 is 6.10 Å². The second-order valence-electron chi connectivity index (χ2n) is 22.7. The summed E-state index contributed by atoms with van der Waals surface area (Å²) in [7, 11) is 0. The molecule has 0 fully saturated rings. The Morgan fingerprint density at radius 1 is 0.257 bits per heavy atom. The first-order chi connectivity index (χ1) is 36.5. The highest BCUT2D eigenvalue weighted by atomic mass is 16.6. The van der Waals surface area contributed by atoms with E-state index in [-0.39, 0.29) is 31.1 Å². The van der Waals surface area contributed by atoms with E-state index in [0.717, 1.165) is 64.2 Å². The van der Waals surface area contributed by atoms with Crippen molar-refractivity contribution < 1.29 is 28.6 Å². The highest BCUT2D eigenvalue weighted by Crippen LogP contribution is 2.18. The lowest BCUT2D eigenvalue weighted by Gasteiger charge is -2.18. The molecule has 1 unspecified atom stereocenters. The maximum atomic E-state index is 12.9. The summed E-state index contributed by atoms with van der Waals surface area (Å²) in [6.07, 6.45) is 76.3. The standard InChI is InChI=1S/C68H128O6/c1-4-7-10-13-16-19-22-25-28-29-30-31-32-33-34-35-36-37-38-39-41-43-46-49-52-55-58-61-67(70)73-64-65(63-72-66(69)60-57-54-51-48-45-42-27-24-21-18-15-12-9-6-3)74-68(71)62-59-56-53-50-47-44-40-26-23-20-17-14-11-8-5-2/h26,29-30,40,65H,4-25,27-28,31-39,41-64H2,1-3H3/b30-29-,40-26-. The van der Waals surface area contributed by atoms with Crippen LogP contribution in [-0.2, 0) is 28.6 Å². The minimum atomic E-state index is -0.772. The number of esters is 3. The van der Waals surface area contributed by atoms with Crippen LogP contribution in [0.5, 0.6) is 0 Å². The van der Waals surface area contributed by atoms with E-state index in [1.54, 1.807) is 0 Å². The molecule has 6 nitrogen and oxygen atoms in total. The van der Waals surface area contributed by atoms with Gasteiger partial charge in [0.1, 0.15) is 13.2 Å². The van der Waals surface area contributed by atoms with E-state index in [1.165, 1.54) is 270 Å². The van der Waals surface area contributed by atoms with Gasteiger partial charge >= 0.3 is 17.9 Å². The molecule has 0 aliphatic heterocycles. The molecular weight excluding hydrogens is 913 g/mol. The molecule has 0 aromatic carbocycles. The fourth-order valence-corrected chi connectivity index (χ4v) is 10.1. The lowest BCUT2D eigenvalue weighted by Crippen LogP contribution is -2.30. The molecule has 0 heterocycles. The van der Waals surface area contributed by atoms with Crippen LogP contribution in [0.2, 0.25) is 0 Å². The van der Waals surface area contributed by atoms with Gasteiger partial charge in [-0.2, -0.15) is 0 Å². The third-order valence-electron chi connectivity index (χ3n) is 15.2. The van der Waals surface area contributed by atoms with Gasteiger partial charge in [-0.1, -0.05) is 308 Å². The average molecular weight is 1040 g/mol. The number of carbonyl (C=O) groups excluding carboxylic acids is 3. The molecule has 0 bridgehead atoms. The van der Waals surface area contributed by atoms with Crippen LogP contribution >= 0.6 is 0 Å². The Morgan fingerprint density at radius 3 is 0.676 bits per heavy atom. The summed E-state index contributed by atoms with van der Waals surface area (Å²) in [6, 6.07) is 0. The van der Waals surface area contributed by atoms with Crippen LogP contribution in [-0.4, -0.2) is 37.2 Å². The van der Waals surface area contributed by atoms with Gasteiger partial charge in [-0.15, -0.1) is 0 Å². The average Bonchev–Trinajstić information content (AvgIpc) is 3.40. The van der Waals surface area contributed by atoms with Crippen molar-refractivity contribution in [3.05, 3.63) is 24.3 Å². The van der Waals surface area contributed by atoms with Gasteiger partial charge in [-0.05, 0) is 70.6 Å². The van der Waals surface area contributed by atoms with Gasteiger partial charge in [0.05, 0.1) is 0 Å². The van der Waals surface area contributed by atoms with Crippen LogP contribution in [0.4, 0.5) is 0 Å². The molecule has 0 N–H and O–H groups in total. The first-order valence-corrected chi connectivity index (χ1v) is 33.3. The number of rotatable bonds is 62. The second kappa shape index (κ2) is 63.4. The number of hydrogen-bond donors (Lipinski definition) is 0. The lowest BCUT2D eigenvalue weighted by atomic mass is 10.0. The molecule has 74 heavy (non-hydrogen) atoms. The topological polar surface area (TPSA) is 78.9 Å². The summed E-state index contributed by atoms with van der Waals surface area (Å²) >= 11 is 0. The van der Waals surface area contributed by atoms with Crippen LogP contribution in [0.1, 0.15) is 374 Å². The van der Waals surface area contributed by atoms with Crippen LogP contribution in [0.3, 0.4) is 0 Å². The number of allylic oxidation sites excluding steroid dienone is 4. The molecule has 0 spiro atoms. The molecule has 0 rings (SSSR count). The third-order valence-corrected chi connectivity index (χ3v) is 15.2. The molecule has 0 aliphatic carbocycles. The molecule has 436 valence electrons. The number of hydrogen-bond acceptors (Lipinski definition) is 6. The Bertz CT molecular complexity index is 1190. The SMILES string of the molecule is CCCCCCCC/C=C\CCCCCCCC(=O)OC(COC(=O)CCCCCCCCCCCCCCCC)COC(=O)CCCCCCCCCCCCCCCCC/C=C\CCCCCCCCCC. The summed E-state index contributed by atoms with van der Waals surface area (Å²) in [5, 5.41) is 0. The molecule has 6 heteroatoms. The Hall–Kier alpha value is -2.11. The van der Waals surface area contributed by atoms with E-state index in [4.69, 9.17) is 14.2 Å². The van der Waals surface area contributed by atoms with Gasteiger partial charge in [0.2, 0.25) is 0 Å². The Morgan fingerprint density at radius 2 is 0.446 bits per heavy atom. The zero-order valence-electron chi connectivity index (χ0n) is 50.1. The lowest BCUT2D eigenvalue weighted by molar-refractivity contribution is -0.167. The van der Waals surface area contributed by atoms with Gasteiger partial charge in [0, 0.05) is 19.3 Å². The highest BCUT2D eigenvalue weighted by molar-refractivity contribution is 5.71. The van der Waals surface area contributed by atoms with Gasteiger partial charge < -0.3 is 14.2 Å². The first-order valence-electron chi connectivity index (χ1n) is 33.3. The van der Waals surface area contributed by atoms with Crippen molar-refractivity contribution in [2.24, 2.45) is 0 Å². The van der Waals surface area contributed by atoms with Crippen molar-refractivity contribution in [2.75, 3.05) is 13.2 Å². The second-order valence-corrected chi connectivity index (χ2v) is 22.7. The maximum absolute atomic E-state index is 12.9. The first kappa shape index (κ1) is 71.9. The summed E-state index contributed by atoms with van der Waals surface area (Å²) in [5.41, 5.74) is 0. The monoisotopic (exact) mass is 1040 g/mol. The van der Waals surface area contributed by atoms with E-state index in [9.17, 15) is 14.4 Å². The summed E-state index contributed by atoms with van der Waals surface area (Å²) in [5.74, 6) is -0.850. The van der Waals surface area contributed by atoms with E-state index in [1.807, 2.05) is 0 Å². The molecule has 0 aliphatic rings. The summed E-state index contributed by atoms with van der Waals surface area (Å²) in [4.78, 5) is 38.3. The predicted molar refractivity (Wildman–Crippen MR) is 321 cm³/mol. The van der Waals surface area contributed by atoms with E-state index >= 15 is 0 Å². The Labute approximate surface area is 462 Å². The maximum Gasteiger partial charge on any atom is 0.306 e. The molecular formula is C68H128O6. The van der Waals surface area contributed by atoms with Crippen LogP contribution in [0.25, 0.3) is 0 Å². The minimum absolute atomic E-state index is 0.0689. The minimum Gasteiger partial charge on any atom is -0.462 e. The van der Waals surface area contributed by atoms with Gasteiger partial charge in [0.15, 0.2) is 6.10 Å². The normalized spacial score (nSPS) is 12.1.